The van der Waals surface area contributed by atoms with Gasteiger partial charge in [0.25, 0.3) is 0 Å². The van der Waals surface area contributed by atoms with Gasteiger partial charge in [0, 0.05) is 5.56 Å². The predicted octanol–water partition coefficient (Wildman–Crippen LogP) is 1.59. The van der Waals surface area contributed by atoms with E-state index in [0.29, 0.717) is 6.42 Å². The molecule has 1 unspecified atom stereocenters. The van der Waals surface area contributed by atoms with E-state index < -0.39 is 17.2 Å². The van der Waals surface area contributed by atoms with Gasteiger partial charge >= 0.3 is 0 Å². The van der Waals surface area contributed by atoms with Crippen molar-refractivity contribution in [3.8, 4) is 0 Å². The van der Waals surface area contributed by atoms with Gasteiger partial charge in [-0.2, -0.15) is 0 Å². The molecule has 1 heterocycles. The summed E-state index contributed by atoms with van der Waals surface area (Å²) < 4.78 is 27.4. The molecule has 1 N–H and O–H groups in total. The van der Waals surface area contributed by atoms with Crippen LogP contribution >= 0.6 is 0 Å². The van der Waals surface area contributed by atoms with Crippen molar-refractivity contribution in [1.82, 2.24) is 10.2 Å². The van der Waals surface area contributed by atoms with Gasteiger partial charge in [-0.3, -0.25) is 9.59 Å². The van der Waals surface area contributed by atoms with Crippen molar-refractivity contribution in [2.24, 2.45) is 0 Å². The molecule has 4 nitrogen and oxygen atoms in total. The van der Waals surface area contributed by atoms with E-state index in [4.69, 9.17) is 0 Å². The standard InChI is InChI=1S/C14H16F2N2O2/c1-3-14(2)13(20)17-7-12(19)18(14)8-9-10(15)5-4-6-11(9)16/h4-6H,3,7-8H2,1-2H3,(H,17,20). The second-order valence-electron chi connectivity index (χ2n) is 4.99. The fourth-order valence-corrected chi connectivity index (χ4v) is 2.30. The van der Waals surface area contributed by atoms with Crippen molar-refractivity contribution >= 4 is 11.8 Å². The van der Waals surface area contributed by atoms with Gasteiger partial charge in [-0.1, -0.05) is 13.0 Å². The van der Waals surface area contributed by atoms with E-state index in [1.165, 1.54) is 11.0 Å². The van der Waals surface area contributed by atoms with Crippen molar-refractivity contribution in [2.75, 3.05) is 6.54 Å². The van der Waals surface area contributed by atoms with Gasteiger partial charge < -0.3 is 10.2 Å². The lowest BCUT2D eigenvalue weighted by Crippen LogP contribution is -2.65. The van der Waals surface area contributed by atoms with E-state index in [1.54, 1.807) is 13.8 Å². The van der Waals surface area contributed by atoms with E-state index in [2.05, 4.69) is 5.32 Å². The van der Waals surface area contributed by atoms with E-state index in [1.807, 2.05) is 0 Å². The van der Waals surface area contributed by atoms with Crippen LogP contribution in [0.2, 0.25) is 0 Å². The third-order valence-electron chi connectivity index (χ3n) is 3.85. The Labute approximate surface area is 115 Å². The molecule has 0 saturated carbocycles. The van der Waals surface area contributed by atoms with Crippen LogP contribution in [0, 0.1) is 11.6 Å². The van der Waals surface area contributed by atoms with Crippen molar-refractivity contribution in [1.29, 1.82) is 0 Å². The summed E-state index contributed by atoms with van der Waals surface area (Å²) in [5, 5.41) is 2.50. The molecule has 1 saturated heterocycles. The van der Waals surface area contributed by atoms with Gasteiger partial charge in [0.2, 0.25) is 11.8 Å². The summed E-state index contributed by atoms with van der Waals surface area (Å²) in [5.41, 5.74) is -1.29. The van der Waals surface area contributed by atoms with Crippen LogP contribution in [0.5, 0.6) is 0 Å². The Kier molecular flexibility index (Phi) is 3.74. The van der Waals surface area contributed by atoms with Crippen LogP contribution in [0.1, 0.15) is 25.8 Å². The summed E-state index contributed by atoms with van der Waals surface area (Å²) in [6.45, 7) is 2.95. The molecule has 0 aromatic heterocycles. The molecule has 0 radical (unpaired) electrons. The van der Waals surface area contributed by atoms with Crippen LogP contribution in [0.15, 0.2) is 18.2 Å². The zero-order chi connectivity index (χ0) is 14.9. The number of nitrogens with zero attached hydrogens (tertiary/aromatic N) is 1. The maximum atomic E-state index is 13.7. The second-order valence-corrected chi connectivity index (χ2v) is 4.99. The quantitative estimate of drug-likeness (QED) is 0.915. The van der Waals surface area contributed by atoms with Gasteiger partial charge in [-0.05, 0) is 25.5 Å². The molecule has 0 bridgehead atoms. The summed E-state index contributed by atoms with van der Waals surface area (Å²) >= 11 is 0. The molecule has 1 aromatic rings. The number of carbonyl (C=O) groups excluding carboxylic acids is 2. The lowest BCUT2D eigenvalue weighted by Gasteiger charge is -2.43. The zero-order valence-electron chi connectivity index (χ0n) is 11.4. The number of rotatable bonds is 3. The molecule has 1 aliphatic rings. The fraction of sp³-hybridized carbons (Fsp3) is 0.429. The molecule has 0 spiro atoms. The number of carbonyl (C=O) groups is 2. The average molecular weight is 282 g/mol. The summed E-state index contributed by atoms with van der Waals surface area (Å²) in [7, 11) is 0. The second kappa shape index (κ2) is 5.19. The average Bonchev–Trinajstić information content (AvgIpc) is 2.42. The first kappa shape index (κ1) is 14.4. The molecule has 1 fully saturated rings. The van der Waals surface area contributed by atoms with Gasteiger partial charge in [0.15, 0.2) is 0 Å². The highest BCUT2D eigenvalue weighted by molar-refractivity contribution is 5.97. The van der Waals surface area contributed by atoms with E-state index in [0.717, 1.165) is 12.1 Å². The van der Waals surface area contributed by atoms with Crippen LogP contribution in [-0.4, -0.2) is 28.8 Å². The summed E-state index contributed by atoms with van der Waals surface area (Å²) in [4.78, 5) is 25.2. The van der Waals surface area contributed by atoms with Crippen LogP contribution in [0.25, 0.3) is 0 Å². The van der Waals surface area contributed by atoms with Gasteiger partial charge in [-0.15, -0.1) is 0 Å². The van der Waals surface area contributed by atoms with Crippen molar-refractivity contribution in [2.45, 2.75) is 32.4 Å². The number of benzene rings is 1. The van der Waals surface area contributed by atoms with Crippen LogP contribution < -0.4 is 5.32 Å². The minimum atomic E-state index is -1.09. The molecule has 2 rings (SSSR count). The molecular weight excluding hydrogens is 266 g/mol. The monoisotopic (exact) mass is 282 g/mol. The SMILES string of the molecule is CCC1(C)C(=O)NCC(=O)N1Cc1c(F)cccc1F. The largest absolute Gasteiger partial charge is 0.345 e. The van der Waals surface area contributed by atoms with E-state index in [9.17, 15) is 18.4 Å². The Hall–Kier alpha value is -1.98. The van der Waals surface area contributed by atoms with Gasteiger partial charge in [0.1, 0.15) is 17.2 Å². The lowest BCUT2D eigenvalue weighted by molar-refractivity contribution is -0.153. The number of hydrogen-bond donors (Lipinski definition) is 1. The first-order valence-electron chi connectivity index (χ1n) is 6.41. The maximum absolute atomic E-state index is 13.7. The third-order valence-corrected chi connectivity index (χ3v) is 3.85. The normalized spacial score (nSPS) is 22.9. The first-order chi connectivity index (χ1) is 9.40. The van der Waals surface area contributed by atoms with Crippen LogP contribution in [0.3, 0.4) is 0 Å². The minimum absolute atomic E-state index is 0.148. The maximum Gasteiger partial charge on any atom is 0.246 e. The summed E-state index contributed by atoms with van der Waals surface area (Å²) in [5.74, 6) is -2.10. The zero-order valence-corrected chi connectivity index (χ0v) is 11.4. The Bertz CT molecular complexity index is 542. The smallest absolute Gasteiger partial charge is 0.246 e. The van der Waals surface area contributed by atoms with Crippen LogP contribution in [-0.2, 0) is 16.1 Å². The fourth-order valence-electron chi connectivity index (χ4n) is 2.30. The molecular formula is C14H16F2N2O2. The first-order valence-corrected chi connectivity index (χ1v) is 6.41. The van der Waals surface area contributed by atoms with Gasteiger partial charge in [-0.25, -0.2) is 8.78 Å². The molecule has 1 aromatic carbocycles. The number of piperazine rings is 1. The Morgan fingerprint density at radius 3 is 2.45 bits per heavy atom. The molecule has 1 aliphatic heterocycles. The molecule has 20 heavy (non-hydrogen) atoms. The number of amides is 2. The Balaban J connectivity index is 2.39. The van der Waals surface area contributed by atoms with Crippen LogP contribution in [0.4, 0.5) is 8.78 Å². The molecule has 6 heteroatoms. The number of hydrogen-bond acceptors (Lipinski definition) is 2. The Morgan fingerprint density at radius 2 is 1.90 bits per heavy atom. The number of nitrogens with one attached hydrogen (secondary N) is 1. The summed E-state index contributed by atoms with van der Waals surface area (Å²) in [6.07, 6.45) is 0.362. The predicted molar refractivity (Wildman–Crippen MR) is 68.6 cm³/mol. The highest BCUT2D eigenvalue weighted by Gasteiger charge is 2.44. The van der Waals surface area contributed by atoms with Crippen molar-refractivity contribution in [3.05, 3.63) is 35.4 Å². The molecule has 0 aliphatic carbocycles. The van der Waals surface area contributed by atoms with Gasteiger partial charge in [0.05, 0.1) is 13.1 Å². The minimum Gasteiger partial charge on any atom is -0.345 e. The van der Waals surface area contributed by atoms with E-state index >= 15 is 0 Å². The lowest BCUT2D eigenvalue weighted by atomic mass is 9.92. The summed E-state index contributed by atoms with van der Waals surface area (Å²) in [6, 6.07) is 3.53. The third kappa shape index (κ3) is 2.26. The molecule has 1 atom stereocenters. The number of halogens is 2. The van der Waals surface area contributed by atoms with Crippen molar-refractivity contribution < 1.29 is 18.4 Å². The Morgan fingerprint density at radius 1 is 1.30 bits per heavy atom. The molecule has 108 valence electrons. The van der Waals surface area contributed by atoms with E-state index in [-0.39, 0.29) is 30.5 Å². The molecule has 2 amide bonds. The van der Waals surface area contributed by atoms with Crippen molar-refractivity contribution in [3.63, 3.8) is 0 Å². The highest BCUT2D eigenvalue weighted by Crippen LogP contribution is 2.26. The highest BCUT2D eigenvalue weighted by atomic mass is 19.1. The topological polar surface area (TPSA) is 49.4 Å².